The van der Waals surface area contributed by atoms with Gasteiger partial charge in [0.05, 0.1) is 13.2 Å². The van der Waals surface area contributed by atoms with Gasteiger partial charge in [-0.05, 0) is 121 Å². The summed E-state index contributed by atoms with van der Waals surface area (Å²) in [6.45, 7) is 26.5. The maximum atomic E-state index is 5.70. The van der Waals surface area contributed by atoms with E-state index in [-0.39, 0.29) is 41.7 Å². The molecule has 1 aliphatic heterocycles. The van der Waals surface area contributed by atoms with Crippen LogP contribution in [0.2, 0.25) is 0 Å². The zero-order valence-corrected chi connectivity index (χ0v) is 58.4. The van der Waals surface area contributed by atoms with Crippen molar-refractivity contribution in [3.8, 4) is 0 Å². The van der Waals surface area contributed by atoms with Gasteiger partial charge in [0.25, 0.3) is 0 Å². The van der Waals surface area contributed by atoms with Crippen molar-refractivity contribution in [1.29, 1.82) is 0 Å². The number of hydrogen-bond acceptors (Lipinski definition) is 12. The van der Waals surface area contributed by atoms with Crippen molar-refractivity contribution < 1.29 is 61.5 Å². The Morgan fingerprint density at radius 2 is 0.917 bits per heavy atom. The summed E-state index contributed by atoms with van der Waals surface area (Å²) in [5.41, 5.74) is 0. The standard InChI is InChI=1S/C24H53NO5P2.C8H17Cl2NO.C8H19O2P.C4H8O.C4H9.Li.H7NP6/c1-6-30-18-11-25(12-23-31(19-7-14-26-2)20-8-15-27-3)13-24-32(21-9-16-28-4)22-10-17-29-5;1-2-12-8-7-11(5-3-9)6-4-10;1-9-5-3-7-11-8-4-6-10-2;1-2-4-5-3-1;1-3-4-2;;2-5-1-6-7(3)4/h6-24H2,1-5H3;2-8H2,1H3;11H,3-8H2,1-2H3;1-4H2;1,3-4H2,2H3;;6H,2-4H2/q;;;;-1;+1;. The van der Waals surface area contributed by atoms with E-state index >= 15 is 0 Å². The Labute approximate surface area is 484 Å². The van der Waals surface area contributed by atoms with Crippen LogP contribution in [0.4, 0.5) is 0 Å². The van der Waals surface area contributed by atoms with Crippen LogP contribution >= 0.6 is 97.9 Å². The summed E-state index contributed by atoms with van der Waals surface area (Å²) >= 11 is 11.2. The van der Waals surface area contributed by atoms with Gasteiger partial charge in [-0.1, -0.05) is 22.3 Å². The van der Waals surface area contributed by atoms with Crippen molar-refractivity contribution in [3.63, 3.8) is 0 Å². The van der Waals surface area contributed by atoms with E-state index in [0.717, 1.165) is 137 Å². The molecule has 1 fully saturated rings. The van der Waals surface area contributed by atoms with E-state index in [2.05, 4.69) is 61.9 Å². The zero-order chi connectivity index (χ0) is 53.9. The minimum absolute atomic E-state index is 0. The van der Waals surface area contributed by atoms with Crippen LogP contribution in [0.15, 0.2) is 4.52 Å². The number of methoxy groups -OCH3 is 6. The molecule has 434 valence electrons. The van der Waals surface area contributed by atoms with Crippen LogP contribution in [-0.4, -0.2) is 232 Å². The molecule has 0 saturated carbocycles. The second-order valence-corrected chi connectivity index (χ2v) is 36.6. The van der Waals surface area contributed by atoms with Crippen LogP contribution in [0.5, 0.6) is 0 Å². The molecular weight excluding hydrogens is 1120 g/mol. The Kier molecular flexibility index (Phi) is 102. The average molecular weight is 1230 g/mol. The Morgan fingerprint density at radius 1 is 0.569 bits per heavy atom. The summed E-state index contributed by atoms with van der Waals surface area (Å²) in [6.07, 6.45) is 22.5. The number of halogens is 2. The molecular formula is C48H113Cl2LiN3O9P9. The average Bonchev–Trinajstić information content (AvgIpc) is 3.98. The van der Waals surface area contributed by atoms with Gasteiger partial charge < -0.3 is 54.5 Å². The van der Waals surface area contributed by atoms with Crippen molar-refractivity contribution in [2.75, 3.05) is 222 Å². The van der Waals surface area contributed by atoms with Gasteiger partial charge in [0.1, 0.15) is 0 Å². The second kappa shape index (κ2) is 84.1. The first-order valence-electron chi connectivity index (χ1n) is 26.0. The summed E-state index contributed by atoms with van der Waals surface area (Å²) in [5.74, 6) is 1.31. The third-order valence-electron chi connectivity index (χ3n) is 9.87. The van der Waals surface area contributed by atoms with Gasteiger partial charge in [0.2, 0.25) is 0 Å². The van der Waals surface area contributed by atoms with E-state index in [9.17, 15) is 0 Å². The van der Waals surface area contributed by atoms with Crippen LogP contribution in [-0.2, 0) is 42.6 Å². The van der Waals surface area contributed by atoms with Crippen LogP contribution in [0.3, 0.4) is 0 Å². The molecule has 1 rings (SSSR count). The number of hydrogen-bond donors (Lipinski definition) is 0. The fraction of sp³-hybridized carbons (Fsp3) is 0.979. The summed E-state index contributed by atoms with van der Waals surface area (Å²) in [7, 11) is 21.8. The zero-order valence-electron chi connectivity index (χ0n) is 47.9. The van der Waals surface area contributed by atoms with Crippen molar-refractivity contribution in [3.05, 3.63) is 6.92 Å². The summed E-state index contributed by atoms with van der Waals surface area (Å²) in [6, 6.07) is 0. The molecule has 0 aromatic heterocycles. The third-order valence-corrected chi connectivity index (χ3v) is 22.8. The molecule has 0 bridgehead atoms. The Hall–Kier alpha value is 4.28. The normalized spacial score (nSPS) is 12.1. The minimum atomic E-state index is 0. The van der Waals surface area contributed by atoms with E-state index in [1.807, 2.05) is 6.92 Å². The molecule has 1 saturated heterocycles. The van der Waals surface area contributed by atoms with Crippen molar-refractivity contribution in [1.82, 2.24) is 9.80 Å². The molecule has 0 aromatic carbocycles. The molecule has 0 N–H and O–H groups in total. The first-order valence-corrected chi connectivity index (χ1v) is 41.1. The molecule has 12 nitrogen and oxygen atoms in total. The van der Waals surface area contributed by atoms with Crippen LogP contribution < -0.4 is 18.9 Å². The van der Waals surface area contributed by atoms with Gasteiger partial charge in [-0.3, -0.25) is 4.90 Å². The predicted octanol–water partition coefficient (Wildman–Crippen LogP) is 10.9. The van der Waals surface area contributed by atoms with Crippen molar-refractivity contribution in [2.45, 2.75) is 85.0 Å². The Balaban J connectivity index is -0.000000220. The van der Waals surface area contributed by atoms with Gasteiger partial charge in [-0.25, -0.2) is 4.52 Å². The van der Waals surface area contributed by atoms with E-state index in [1.165, 1.54) is 120 Å². The summed E-state index contributed by atoms with van der Waals surface area (Å²) in [5, 5.41) is 0. The monoisotopic (exact) mass is 1230 g/mol. The number of alkyl halides is 2. The molecule has 0 radical (unpaired) electrons. The molecule has 24 heteroatoms. The number of ether oxygens (including phenoxy) is 9. The smallest absolute Gasteiger partial charge is 0.385 e. The SMILES string of the molecule is C1CCOC1.CCOCCN(CCCl)CCCl.CCOCCN(CCP(CCCOC)CCCOC)CCP(CCCOC)CCCOC.COCCCPCCCOC.PP=NPP(P)P.[CH2-]CCC.[Li+]. The van der Waals surface area contributed by atoms with Gasteiger partial charge in [-0.2, -0.15) is 6.42 Å². The Bertz CT molecular complexity index is 874. The van der Waals surface area contributed by atoms with E-state index in [0.29, 0.717) is 11.8 Å². The molecule has 1 heterocycles. The van der Waals surface area contributed by atoms with Crippen LogP contribution in [0.25, 0.3) is 0 Å². The van der Waals surface area contributed by atoms with Crippen molar-refractivity contribution in [2.24, 2.45) is 4.52 Å². The van der Waals surface area contributed by atoms with Gasteiger partial charge in [0, 0.05) is 176 Å². The fourth-order valence-corrected chi connectivity index (χ4v) is 18.4. The molecule has 1 aliphatic rings. The molecule has 0 spiro atoms. The topological polar surface area (TPSA) is 102 Å². The largest absolute Gasteiger partial charge is 1.00 e. The maximum Gasteiger partial charge on any atom is 1.00 e. The van der Waals surface area contributed by atoms with E-state index in [4.69, 9.17) is 65.8 Å². The summed E-state index contributed by atoms with van der Waals surface area (Å²) < 4.78 is 51.1. The molecule has 72 heavy (non-hydrogen) atoms. The van der Waals surface area contributed by atoms with Gasteiger partial charge in [0.15, 0.2) is 0 Å². The van der Waals surface area contributed by atoms with Crippen LogP contribution in [0.1, 0.15) is 85.0 Å². The molecule has 4 unspecified atom stereocenters. The van der Waals surface area contributed by atoms with Gasteiger partial charge in [-0.15, -0.1) is 65.5 Å². The van der Waals surface area contributed by atoms with Crippen molar-refractivity contribution >= 4 is 97.9 Å². The van der Waals surface area contributed by atoms with E-state index in [1.54, 1.807) is 42.7 Å². The maximum absolute atomic E-state index is 5.70. The fourth-order valence-electron chi connectivity index (χ4n) is 5.95. The number of rotatable bonds is 45. The quantitative estimate of drug-likeness (QED) is 0.0192. The summed E-state index contributed by atoms with van der Waals surface area (Å²) in [4.78, 5) is 4.87. The molecule has 0 aliphatic carbocycles. The Morgan fingerprint density at radius 3 is 1.17 bits per heavy atom. The predicted molar refractivity (Wildman–Crippen MR) is 341 cm³/mol. The molecule has 4 atom stereocenters. The minimum Gasteiger partial charge on any atom is -0.385 e. The number of unbranched alkanes of at least 4 members (excludes halogenated alkanes) is 1. The van der Waals surface area contributed by atoms with E-state index < -0.39 is 0 Å². The second-order valence-electron chi connectivity index (χ2n) is 15.9. The van der Waals surface area contributed by atoms with Crippen LogP contribution in [0, 0.1) is 6.92 Å². The molecule has 0 aromatic rings. The first-order chi connectivity index (χ1) is 34.7. The number of nitrogens with zero attached hydrogens (tertiary/aromatic N) is 3. The van der Waals surface area contributed by atoms with Gasteiger partial charge >= 0.3 is 18.9 Å². The molecule has 0 amide bonds. The first kappa shape index (κ1) is 87.5. The third kappa shape index (κ3) is 85.6.